The average Bonchev–Trinajstić information content (AvgIpc) is 2.70. The van der Waals surface area contributed by atoms with Gasteiger partial charge < -0.3 is 9.47 Å². The van der Waals surface area contributed by atoms with Gasteiger partial charge in [-0.1, -0.05) is 23.7 Å². The molecule has 0 saturated carbocycles. The summed E-state index contributed by atoms with van der Waals surface area (Å²) < 4.78 is 12.4. The third-order valence-corrected chi connectivity index (χ3v) is 4.35. The summed E-state index contributed by atoms with van der Waals surface area (Å²) in [5, 5.41) is 11.2. The number of ether oxygens (including phenoxy) is 2. The highest BCUT2D eigenvalue weighted by Crippen LogP contribution is 2.28. The van der Waals surface area contributed by atoms with Gasteiger partial charge in [0.2, 0.25) is 4.77 Å². The Balaban J connectivity index is 1.79. The fraction of sp³-hybridized carbons (Fsp3) is 0.158. The largest absolute Gasteiger partial charge is 0.493 e. The summed E-state index contributed by atoms with van der Waals surface area (Å²) in [6.07, 6.45) is 1.51. The zero-order valence-corrected chi connectivity index (χ0v) is 16.8. The molecule has 0 amide bonds. The molecule has 9 heteroatoms. The molecule has 3 rings (SSSR count). The van der Waals surface area contributed by atoms with Gasteiger partial charge in [0.25, 0.3) is 5.56 Å². The van der Waals surface area contributed by atoms with E-state index in [9.17, 15) is 4.79 Å². The Labute approximate surface area is 171 Å². The van der Waals surface area contributed by atoms with Gasteiger partial charge in [-0.05, 0) is 60.6 Å². The summed E-state index contributed by atoms with van der Waals surface area (Å²) in [5.74, 6) is 1.13. The molecule has 0 atom stereocenters. The fourth-order valence-corrected chi connectivity index (χ4v) is 2.63. The molecule has 7 nitrogen and oxygen atoms in total. The molecule has 0 aliphatic carbocycles. The maximum atomic E-state index is 12.1. The lowest BCUT2D eigenvalue weighted by molar-refractivity contribution is 0.284. The highest BCUT2D eigenvalue weighted by Gasteiger charge is 2.06. The van der Waals surface area contributed by atoms with Crippen molar-refractivity contribution in [3.8, 4) is 11.5 Å². The second kappa shape index (κ2) is 8.81. The fourth-order valence-electron chi connectivity index (χ4n) is 2.33. The topological polar surface area (TPSA) is 81.5 Å². The van der Waals surface area contributed by atoms with Crippen molar-refractivity contribution >= 4 is 30.0 Å². The van der Waals surface area contributed by atoms with Crippen LogP contribution in [0.1, 0.15) is 16.8 Å². The van der Waals surface area contributed by atoms with E-state index in [4.69, 9.17) is 33.3 Å². The van der Waals surface area contributed by atoms with E-state index in [2.05, 4.69) is 15.3 Å². The molecule has 0 aliphatic rings. The first-order valence-corrected chi connectivity index (χ1v) is 9.04. The van der Waals surface area contributed by atoms with Crippen molar-refractivity contribution in [2.24, 2.45) is 5.10 Å². The number of methoxy groups -OCH3 is 1. The van der Waals surface area contributed by atoms with Crippen LogP contribution in [0, 0.1) is 11.7 Å². The summed E-state index contributed by atoms with van der Waals surface area (Å²) in [7, 11) is 1.55. The van der Waals surface area contributed by atoms with Crippen LogP contribution in [0.4, 0.5) is 0 Å². The van der Waals surface area contributed by atoms with Crippen molar-refractivity contribution < 1.29 is 9.47 Å². The first kappa shape index (κ1) is 19.8. The van der Waals surface area contributed by atoms with E-state index in [1.165, 1.54) is 6.21 Å². The molecule has 0 saturated heterocycles. The molecule has 0 unspecified atom stereocenters. The summed E-state index contributed by atoms with van der Waals surface area (Å²) in [5.41, 5.74) is 1.59. The summed E-state index contributed by atoms with van der Waals surface area (Å²) in [4.78, 5) is 12.1. The molecule has 0 radical (unpaired) electrons. The van der Waals surface area contributed by atoms with Gasteiger partial charge in [-0.3, -0.25) is 9.89 Å². The lowest BCUT2D eigenvalue weighted by Gasteiger charge is -2.11. The van der Waals surface area contributed by atoms with Crippen molar-refractivity contribution in [3.05, 3.63) is 79.4 Å². The molecular weight excluding hydrogens is 400 g/mol. The number of benzene rings is 2. The molecule has 2 aromatic carbocycles. The van der Waals surface area contributed by atoms with Crippen molar-refractivity contribution in [3.63, 3.8) is 0 Å². The molecule has 0 fully saturated rings. The molecule has 1 N–H and O–H groups in total. The number of halogens is 1. The maximum Gasteiger partial charge on any atom is 0.296 e. The zero-order valence-electron chi connectivity index (χ0n) is 15.2. The maximum absolute atomic E-state index is 12.1. The van der Waals surface area contributed by atoms with Gasteiger partial charge in [0.1, 0.15) is 12.3 Å². The molecule has 28 heavy (non-hydrogen) atoms. The van der Waals surface area contributed by atoms with Gasteiger partial charge in [-0.2, -0.15) is 14.9 Å². The molecule has 0 aliphatic heterocycles. The number of hydrogen-bond acceptors (Lipinski definition) is 6. The van der Waals surface area contributed by atoms with Gasteiger partial charge in [-0.25, -0.2) is 0 Å². The monoisotopic (exact) mass is 416 g/mol. The number of nitrogens with zero attached hydrogens (tertiary/aromatic N) is 3. The van der Waals surface area contributed by atoms with Crippen LogP contribution in [-0.2, 0) is 6.61 Å². The van der Waals surface area contributed by atoms with Crippen molar-refractivity contribution in [1.82, 2.24) is 14.9 Å². The van der Waals surface area contributed by atoms with Gasteiger partial charge in [0.15, 0.2) is 11.5 Å². The minimum atomic E-state index is -0.380. The second-order valence-electron chi connectivity index (χ2n) is 5.80. The number of aromatic nitrogens is 3. The Morgan fingerprint density at radius 2 is 2.00 bits per heavy atom. The van der Waals surface area contributed by atoms with E-state index in [0.717, 1.165) is 10.2 Å². The number of aryl methyl sites for hydroxylation is 1. The summed E-state index contributed by atoms with van der Waals surface area (Å²) in [6.45, 7) is 1.96. The lowest BCUT2D eigenvalue weighted by atomic mass is 10.2. The second-order valence-corrected chi connectivity index (χ2v) is 6.62. The molecule has 1 aromatic heterocycles. The van der Waals surface area contributed by atoms with Crippen LogP contribution in [0.25, 0.3) is 0 Å². The summed E-state index contributed by atoms with van der Waals surface area (Å²) >= 11 is 10.9. The van der Waals surface area contributed by atoms with Gasteiger partial charge in [0, 0.05) is 5.02 Å². The SMILES string of the molecule is COc1cc(/C=N/n2c(=S)[nH]nc(C)c2=O)ccc1OCc1ccc(Cl)cc1. The third-order valence-electron chi connectivity index (χ3n) is 3.83. The first-order chi connectivity index (χ1) is 13.5. The Morgan fingerprint density at radius 3 is 2.71 bits per heavy atom. The lowest BCUT2D eigenvalue weighted by Crippen LogP contribution is -2.22. The highest BCUT2D eigenvalue weighted by atomic mass is 35.5. The molecule has 0 spiro atoms. The van der Waals surface area contributed by atoms with E-state index in [0.29, 0.717) is 28.7 Å². The quantitative estimate of drug-likeness (QED) is 0.489. The Kier molecular flexibility index (Phi) is 6.23. The number of H-pyrrole nitrogens is 1. The molecule has 0 bridgehead atoms. The van der Waals surface area contributed by atoms with Gasteiger partial charge in [-0.15, -0.1) is 0 Å². The summed E-state index contributed by atoms with van der Waals surface area (Å²) in [6, 6.07) is 12.7. The Bertz CT molecular complexity index is 1120. The van der Waals surface area contributed by atoms with Crippen molar-refractivity contribution in [2.45, 2.75) is 13.5 Å². The third kappa shape index (κ3) is 4.65. The smallest absolute Gasteiger partial charge is 0.296 e. The number of nitrogens with one attached hydrogen (secondary N) is 1. The predicted molar refractivity (Wildman–Crippen MR) is 110 cm³/mol. The van der Waals surface area contributed by atoms with E-state index in [1.54, 1.807) is 32.2 Å². The van der Waals surface area contributed by atoms with E-state index in [1.807, 2.05) is 24.3 Å². The minimum absolute atomic E-state index is 0.113. The van der Waals surface area contributed by atoms with Crippen LogP contribution in [0.2, 0.25) is 5.02 Å². The van der Waals surface area contributed by atoms with Crippen LogP contribution in [0.5, 0.6) is 11.5 Å². The van der Waals surface area contributed by atoms with Crippen LogP contribution >= 0.6 is 23.8 Å². The molecule has 1 heterocycles. The number of rotatable bonds is 6. The van der Waals surface area contributed by atoms with E-state index >= 15 is 0 Å². The number of hydrogen-bond donors (Lipinski definition) is 1. The Morgan fingerprint density at radius 1 is 1.25 bits per heavy atom. The number of aromatic amines is 1. The predicted octanol–water partition coefficient (Wildman–Crippen LogP) is 3.73. The van der Waals surface area contributed by atoms with Crippen LogP contribution in [-0.4, -0.2) is 28.2 Å². The highest BCUT2D eigenvalue weighted by molar-refractivity contribution is 7.71. The minimum Gasteiger partial charge on any atom is -0.493 e. The molecule has 3 aromatic rings. The van der Waals surface area contributed by atoms with Crippen LogP contribution in [0.15, 0.2) is 52.4 Å². The van der Waals surface area contributed by atoms with E-state index < -0.39 is 0 Å². The van der Waals surface area contributed by atoms with E-state index in [-0.39, 0.29) is 16.0 Å². The van der Waals surface area contributed by atoms with Crippen molar-refractivity contribution in [1.29, 1.82) is 0 Å². The van der Waals surface area contributed by atoms with Crippen LogP contribution in [0.3, 0.4) is 0 Å². The Hall–Kier alpha value is -2.97. The standard InChI is InChI=1S/C19H17ClN4O3S/c1-12-18(25)24(19(28)23-22-12)21-10-14-5-8-16(17(9-14)26-2)27-11-13-3-6-15(20)7-4-13/h3-10H,11H2,1-2H3,(H,23,28)/b21-10+. The normalized spacial score (nSPS) is 11.0. The molecular formula is C19H17ClN4O3S. The first-order valence-electron chi connectivity index (χ1n) is 8.26. The molecule has 144 valence electrons. The van der Waals surface area contributed by atoms with Gasteiger partial charge >= 0.3 is 0 Å². The zero-order chi connectivity index (χ0) is 20.1. The average molecular weight is 417 g/mol. The van der Waals surface area contributed by atoms with Crippen molar-refractivity contribution in [2.75, 3.05) is 7.11 Å². The van der Waals surface area contributed by atoms with Gasteiger partial charge in [0.05, 0.1) is 13.3 Å². The van der Waals surface area contributed by atoms with Crippen LogP contribution < -0.4 is 15.0 Å².